The van der Waals surface area contributed by atoms with Crippen molar-refractivity contribution in [3.05, 3.63) is 36.4 Å². The van der Waals surface area contributed by atoms with Crippen molar-refractivity contribution in [2.24, 2.45) is 0 Å². The fourth-order valence-electron chi connectivity index (χ4n) is 1.89. The smallest absolute Gasteiger partial charge is 0.127 e. The van der Waals surface area contributed by atoms with Gasteiger partial charge in [-0.1, -0.05) is 50.6 Å². The van der Waals surface area contributed by atoms with Crippen LogP contribution in [0.3, 0.4) is 0 Å². The van der Waals surface area contributed by atoms with E-state index in [9.17, 15) is 0 Å². The lowest BCUT2D eigenvalue weighted by Gasteiger charge is -2.27. The van der Waals surface area contributed by atoms with Crippen LogP contribution in [0.4, 0.5) is 0 Å². The first-order valence-electron chi connectivity index (χ1n) is 6.49. The van der Waals surface area contributed by atoms with Crippen LogP contribution in [0.5, 0.6) is 5.75 Å². The van der Waals surface area contributed by atoms with Crippen LogP contribution < -0.4 is 4.74 Å². The first kappa shape index (κ1) is 13.8. The molecule has 1 aromatic rings. The van der Waals surface area contributed by atoms with Crippen LogP contribution in [-0.2, 0) is 0 Å². The average Bonchev–Trinajstić information content (AvgIpc) is 2.29. The van der Waals surface area contributed by atoms with E-state index in [-0.39, 0.29) is 5.60 Å². The summed E-state index contributed by atoms with van der Waals surface area (Å²) in [4.78, 5) is 0. The van der Waals surface area contributed by atoms with Gasteiger partial charge in [0.15, 0.2) is 0 Å². The maximum Gasteiger partial charge on any atom is 0.127 e. The van der Waals surface area contributed by atoms with Crippen LogP contribution in [0.15, 0.2) is 30.8 Å². The van der Waals surface area contributed by atoms with Crippen molar-refractivity contribution in [2.45, 2.75) is 52.1 Å². The minimum absolute atomic E-state index is 0.103. The van der Waals surface area contributed by atoms with E-state index in [0.29, 0.717) is 0 Å². The van der Waals surface area contributed by atoms with Crippen LogP contribution in [0.25, 0.3) is 6.08 Å². The maximum atomic E-state index is 6.10. The molecule has 1 nitrogen and oxygen atoms in total. The van der Waals surface area contributed by atoms with Crippen LogP contribution in [0.1, 0.15) is 52.0 Å². The Labute approximate surface area is 106 Å². The molecule has 0 atom stereocenters. The molecule has 0 N–H and O–H groups in total. The Morgan fingerprint density at radius 3 is 2.59 bits per heavy atom. The van der Waals surface area contributed by atoms with E-state index in [0.717, 1.165) is 17.7 Å². The molecule has 0 heterocycles. The molecule has 0 amide bonds. The van der Waals surface area contributed by atoms with Crippen LogP contribution in [0.2, 0.25) is 0 Å². The highest BCUT2D eigenvalue weighted by Crippen LogP contribution is 2.26. The molecule has 0 saturated heterocycles. The van der Waals surface area contributed by atoms with Crippen molar-refractivity contribution >= 4 is 6.08 Å². The molecule has 0 aromatic heterocycles. The second kappa shape index (κ2) is 6.48. The van der Waals surface area contributed by atoms with Crippen molar-refractivity contribution in [1.82, 2.24) is 0 Å². The Balaban J connectivity index is 2.65. The number of hydrogen-bond donors (Lipinski definition) is 0. The summed E-state index contributed by atoms with van der Waals surface area (Å²) >= 11 is 0. The molecule has 0 radical (unpaired) electrons. The molecule has 0 fully saturated rings. The molecule has 0 aliphatic rings. The Kier molecular flexibility index (Phi) is 5.27. The topological polar surface area (TPSA) is 9.23 Å². The lowest BCUT2D eigenvalue weighted by atomic mass is 10.00. The summed E-state index contributed by atoms with van der Waals surface area (Å²) in [6.45, 7) is 10.4. The molecule has 1 rings (SSSR count). The van der Waals surface area contributed by atoms with Gasteiger partial charge in [-0.2, -0.15) is 0 Å². The van der Waals surface area contributed by atoms with E-state index in [2.05, 4.69) is 27.4 Å². The highest BCUT2D eigenvalue weighted by atomic mass is 16.5. The molecule has 0 saturated carbocycles. The number of ether oxygens (including phenoxy) is 1. The lowest BCUT2D eigenvalue weighted by Crippen LogP contribution is -2.28. The molecule has 0 spiro atoms. The number of unbranched alkanes of at least 4 members (excludes halogenated alkanes) is 2. The number of rotatable bonds is 7. The van der Waals surface area contributed by atoms with Gasteiger partial charge in [0.2, 0.25) is 0 Å². The monoisotopic (exact) mass is 232 g/mol. The van der Waals surface area contributed by atoms with Gasteiger partial charge in [0.05, 0.1) is 0 Å². The molecule has 0 unspecified atom stereocenters. The predicted molar refractivity (Wildman–Crippen MR) is 75.4 cm³/mol. The van der Waals surface area contributed by atoms with Crippen LogP contribution >= 0.6 is 0 Å². The zero-order valence-electron chi connectivity index (χ0n) is 11.3. The Morgan fingerprint density at radius 2 is 1.94 bits per heavy atom. The maximum absolute atomic E-state index is 6.10. The second-order valence-electron chi connectivity index (χ2n) is 5.06. The molecule has 1 aromatic carbocycles. The van der Waals surface area contributed by atoms with Crippen molar-refractivity contribution in [3.8, 4) is 5.75 Å². The molecular formula is C16H24O. The van der Waals surface area contributed by atoms with Crippen molar-refractivity contribution < 1.29 is 4.74 Å². The van der Waals surface area contributed by atoms with Gasteiger partial charge in [0.1, 0.15) is 11.4 Å². The summed E-state index contributed by atoms with van der Waals surface area (Å²) < 4.78 is 6.10. The molecule has 17 heavy (non-hydrogen) atoms. The Hall–Kier alpha value is -1.24. The second-order valence-corrected chi connectivity index (χ2v) is 5.06. The summed E-state index contributed by atoms with van der Waals surface area (Å²) in [5.74, 6) is 0.934. The minimum atomic E-state index is -0.103. The molecule has 0 aliphatic carbocycles. The lowest BCUT2D eigenvalue weighted by molar-refractivity contribution is 0.0960. The van der Waals surface area contributed by atoms with E-state index >= 15 is 0 Å². The van der Waals surface area contributed by atoms with E-state index in [4.69, 9.17) is 4.74 Å². The Bertz CT molecular complexity index is 352. The molecule has 0 bridgehead atoms. The van der Waals surface area contributed by atoms with Crippen LogP contribution in [0, 0.1) is 0 Å². The van der Waals surface area contributed by atoms with E-state index in [1.807, 2.05) is 30.3 Å². The average molecular weight is 232 g/mol. The zero-order valence-corrected chi connectivity index (χ0v) is 11.3. The Morgan fingerprint density at radius 1 is 1.24 bits per heavy atom. The summed E-state index contributed by atoms with van der Waals surface area (Å²) in [5, 5.41) is 0. The van der Waals surface area contributed by atoms with Crippen molar-refractivity contribution in [3.63, 3.8) is 0 Å². The number of benzene rings is 1. The molecular weight excluding hydrogens is 208 g/mol. The quantitative estimate of drug-likeness (QED) is 0.596. The zero-order chi connectivity index (χ0) is 12.7. The molecule has 94 valence electrons. The van der Waals surface area contributed by atoms with Crippen molar-refractivity contribution in [1.29, 1.82) is 0 Å². The minimum Gasteiger partial charge on any atom is -0.487 e. The normalized spacial score (nSPS) is 11.2. The predicted octanol–water partition coefficient (Wildman–Crippen LogP) is 5.07. The SMILES string of the molecule is C=Cc1ccccc1OC(C)(C)CCCCC. The van der Waals surface area contributed by atoms with Gasteiger partial charge < -0.3 is 4.74 Å². The fourth-order valence-corrected chi connectivity index (χ4v) is 1.89. The van der Waals surface area contributed by atoms with Gasteiger partial charge in [-0.3, -0.25) is 0 Å². The largest absolute Gasteiger partial charge is 0.487 e. The van der Waals surface area contributed by atoms with Crippen molar-refractivity contribution in [2.75, 3.05) is 0 Å². The summed E-state index contributed by atoms with van der Waals surface area (Å²) in [6, 6.07) is 8.06. The van der Waals surface area contributed by atoms with Gasteiger partial charge >= 0.3 is 0 Å². The number of hydrogen-bond acceptors (Lipinski definition) is 1. The van der Waals surface area contributed by atoms with Gasteiger partial charge in [-0.05, 0) is 32.8 Å². The first-order valence-corrected chi connectivity index (χ1v) is 6.49. The highest BCUT2D eigenvalue weighted by molar-refractivity contribution is 5.55. The van der Waals surface area contributed by atoms with E-state index in [1.165, 1.54) is 19.3 Å². The third kappa shape index (κ3) is 4.64. The third-order valence-electron chi connectivity index (χ3n) is 2.91. The van der Waals surface area contributed by atoms with E-state index < -0.39 is 0 Å². The van der Waals surface area contributed by atoms with E-state index in [1.54, 1.807) is 0 Å². The van der Waals surface area contributed by atoms with Crippen LogP contribution in [-0.4, -0.2) is 5.60 Å². The summed E-state index contributed by atoms with van der Waals surface area (Å²) in [6.07, 6.45) is 6.68. The molecule has 1 heteroatoms. The van der Waals surface area contributed by atoms with Gasteiger partial charge in [0.25, 0.3) is 0 Å². The summed E-state index contributed by atoms with van der Waals surface area (Å²) in [7, 11) is 0. The molecule has 0 aliphatic heterocycles. The number of para-hydroxylation sites is 1. The third-order valence-corrected chi connectivity index (χ3v) is 2.91. The van der Waals surface area contributed by atoms with Gasteiger partial charge in [0, 0.05) is 5.56 Å². The first-order chi connectivity index (χ1) is 8.09. The van der Waals surface area contributed by atoms with Gasteiger partial charge in [-0.25, -0.2) is 0 Å². The summed E-state index contributed by atoms with van der Waals surface area (Å²) in [5.41, 5.74) is 0.963. The van der Waals surface area contributed by atoms with Gasteiger partial charge in [-0.15, -0.1) is 0 Å². The fraction of sp³-hybridized carbons (Fsp3) is 0.500. The highest BCUT2D eigenvalue weighted by Gasteiger charge is 2.19. The standard InChI is InChI=1S/C16H24O/c1-5-7-10-13-16(3,4)17-15-12-9-8-11-14(15)6-2/h6,8-9,11-12H,2,5,7,10,13H2,1,3-4H3.